The van der Waals surface area contributed by atoms with Gasteiger partial charge in [0.05, 0.1) is 18.8 Å². The van der Waals surface area contributed by atoms with Crippen LogP contribution in [0.4, 0.5) is 13.2 Å². The third kappa shape index (κ3) is 7.74. The Morgan fingerprint density at radius 2 is 2.07 bits per heavy atom. The fraction of sp³-hybridized carbons (Fsp3) is 0.474. The molecule has 0 saturated carbocycles. The van der Waals surface area contributed by atoms with Crippen molar-refractivity contribution in [3.05, 3.63) is 41.4 Å². The zero-order chi connectivity index (χ0) is 20.0. The standard InChI is InChI=1S/C19H24F3N5S.HI/c1-2-23-18(26-15-8-9-27(11-15)13-19(20,21)22)24-10-16-12-28-17(25-16)14-6-4-3-5-7-14;/h3-7,12,15H,2,8-11,13H2,1H3,(H2,23,24,26);1H. The number of nitrogens with zero attached hydrogens (tertiary/aromatic N) is 3. The van der Waals surface area contributed by atoms with Crippen molar-refractivity contribution in [2.45, 2.75) is 32.1 Å². The average Bonchev–Trinajstić information content (AvgIpc) is 3.29. The SMILES string of the molecule is CCNC(=NCc1csc(-c2ccccc2)n1)NC1CCN(CC(F)(F)F)C1.I. The fourth-order valence-electron chi connectivity index (χ4n) is 3.11. The number of thiazole rings is 1. The first-order valence-corrected chi connectivity index (χ1v) is 10.1. The van der Waals surface area contributed by atoms with Crippen molar-refractivity contribution in [3.63, 3.8) is 0 Å². The van der Waals surface area contributed by atoms with Gasteiger partial charge in [0.25, 0.3) is 0 Å². The minimum Gasteiger partial charge on any atom is -0.357 e. The topological polar surface area (TPSA) is 52.6 Å². The molecule has 1 aromatic carbocycles. The van der Waals surface area contributed by atoms with Crippen LogP contribution in [0.15, 0.2) is 40.7 Å². The van der Waals surface area contributed by atoms with Crippen molar-refractivity contribution in [2.75, 3.05) is 26.2 Å². The molecule has 5 nitrogen and oxygen atoms in total. The van der Waals surface area contributed by atoms with Gasteiger partial charge >= 0.3 is 6.18 Å². The molecule has 0 bridgehead atoms. The van der Waals surface area contributed by atoms with Crippen molar-refractivity contribution in [3.8, 4) is 10.6 Å². The van der Waals surface area contributed by atoms with E-state index in [1.165, 1.54) is 4.90 Å². The second-order valence-electron chi connectivity index (χ2n) is 6.69. The quantitative estimate of drug-likeness (QED) is 0.330. The maximum Gasteiger partial charge on any atom is 0.401 e. The Bertz CT molecular complexity index is 782. The van der Waals surface area contributed by atoms with Gasteiger partial charge in [0.2, 0.25) is 0 Å². The lowest BCUT2D eigenvalue weighted by Gasteiger charge is -2.19. The second-order valence-corrected chi connectivity index (χ2v) is 7.54. The number of halogens is 4. The van der Waals surface area contributed by atoms with Crippen LogP contribution in [0.2, 0.25) is 0 Å². The molecule has 2 heterocycles. The number of rotatable bonds is 6. The van der Waals surface area contributed by atoms with Crippen LogP contribution in [-0.2, 0) is 6.54 Å². The number of benzene rings is 1. The first-order valence-electron chi connectivity index (χ1n) is 9.26. The van der Waals surface area contributed by atoms with E-state index in [1.807, 2.05) is 42.6 Å². The van der Waals surface area contributed by atoms with E-state index in [-0.39, 0.29) is 30.0 Å². The van der Waals surface area contributed by atoms with Gasteiger partial charge in [-0.1, -0.05) is 30.3 Å². The fourth-order valence-corrected chi connectivity index (χ4v) is 3.93. The summed E-state index contributed by atoms with van der Waals surface area (Å²) in [7, 11) is 0. The summed E-state index contributed by atoms with van der Waals surface area (Å²) in [6.07, 6.45) is -3.50. The first-order chi connectivity index (χ1) is 13.4. The third-order valence-corrected chi connectivity index (χ3v) is 5.27. The Labute approximate surface area is 189 Å². The summed E-state index contributed by atoms with van der Waals surface area (Å²) in [5.41, 5.74) is 1.94. The molecule has 1 saturated heterocycles. The van der Waals surface area contributed by atoms with Crippen LogP contribution in [0.3, 0.4) is 0 Å². The summed E-state index contributed by atoms with van der Waals surface area (Å²) in [4.78, 5) is 10.6. The van der Waals surface area contributed by atoms with E-state index in [2.05, 4.69) is 20.6 Å². The summed E-state index contributed by atoms with van der Waals surface area (Å²) < 4.78 is 37.6. The predicted octanol–water partition coefficient (Wildman–Crippen LogP) is 4.12. The molecule has 1 aliphatic heterocycles. The molecular weight excluding hydrogens is 514 g/mol. The van der Waals surface area contributed by atoms with E-state index in [0.717, 1.165) is 16.3 Å². The van der Waals surface area contributed by atoms with Gasteiger partial charge < -0.3 is 10.6 Å². The maximum atomic E-state index is 12.5. The highest BCUT2D eigenvalue weighted by Gasteiger charge is 2.34. The van der Waals surface area contributed by atoms with Gasteiger partial charge in [-0.05, 0) is 13.3 Å². The molecule has 1 aliphatic rings. The van der Waals surface area contributed by atoms with Crippen LogP contribution < -0.4 is 10.6 Å². The third-order valence-electron chi connectivity index (χ3n) is 4.33. The summed E-state index contributed by atoms with van der Waals surface area (Å²) in [5.74, 6) is 0.607. The molecular formula is C19H25F3IN5S. The minimum absolute atomic E-state index is 0. The number of aromatic nitrogens is 1. The van der Waals surface area contributed by atoms with Crippen LogP contribution in [0.1, 0.15) is 19.0 Å². The number of likely N-dealkylation sites (tertiary alicyclic amines) is 1. The van der Waals surface area contributed by atoms with Crippen LogP contribution >= 0.6 is 35.3 Å². The van der Waals surface area contributed by atoms with Gasteiger partial charge in [0.15, 0.2) is 5.96 Å². The molecule has 10 heteroatoms. The molecule has 0 radical (unpaired) electrons. The van der Waals surface area contributed by atoms with Crippen molar-refractivity contribution < 1.29 is 13.2 Å². The summed E-state index contributed by atoms with van der Waals surface area (Å²) >= 11 is 1.57. The Morgan fingerprint density at radius 1 is 1.31 bits per heavy atom. The molecule has 1 unspecified atom stereocenters. The zero-order valence-corrected chi connectivity index (χ0v) is 19.2. The number of aliphatic imine (C=N–C) groups is 1. The van der Waals surface area contributed by atoms with Crippen LogP contribution in [0.25, 0.3) is 10.6 Å². The van der Waals surface area contributed by atoms with Crippen molar-refractivity contribution in [2.24, 2.45) is 4.99 Å². The van der Waals surface area contributed by atoms with E-state index in [1.54, 1.807) is 11.3 Å². The Balaban J connectivity index is 0.00000300. The van der Waals surface area contributed by atoms with Gasteiger partial charge in [-0.15, -0.1) is 35.3 Å². The molecule has 0 aliphatic carbocycles. The van der Waals surface area contributed by atoms with Gasteiger partial charge in [-0.3, -0.25) is 4.90 Å². The van der Waals surface area contributed by atoms with Crippen LogP contribution in [0.5, 0.6) is 0 Å². The highest BCUT2D eigenvalue weighted by molar-refractivity contribution is 14.0. The van der Waals surface area contributed by atoms with Gasteiger partial charge in [-0.2, -0.15) is 13.2 Å². The zero-order valence-electron chi connectivity index (χ0n) is 16.1. The second kappa shape index (κ2) is 11.1. The lowest BCUT2D eigenvalue weighted by Crippen LogP contribution is -2.45. The molecule has 3 rings (SSSR count). The summed E-state index contributed by atoms with van der Waals surface area (Å²) in [6, 6.07) is 9.91. The Kier molecular flexibility index (Phi) is 9.15. The first kappa shape index (κ1) is 23.9. The number of nitrogens with one attached hydrogen (secondary N) is 2. The largest absolute Gasteiger partial charge is 0.401 e. The molecule has 1 atom stereocenters. The monoisotopic (exact) mass is 539 g/mol. The molecule has 2 aromatic rings. The van der Waals surface area contributed by atoms with Crippen molar-refractivity contribution in [1.29, 1.82) is 0 Å². The van der Waals surface area contributed by atoms with E-state index in [0.29, 0.717) is 38.6 Å². The Hall–Kier alpha value is -1.40. The van der Waals surface area contributed by atoms with Crippen molar-refractivity contribution in [1.82, 2.24) is 20.5 Å². The molecule has 0 spiro atoms. The molecule has 0 amide bonds. The van der Waals surface area contributed by atoms with E-state index in [9.17, 15) is 13.2 Å². The highest BCUT2D eigenvalue weighted by atomic mass is 127. The Morgan fingerprint density at radius 3 is 2.76 bits per heavy atom. The smallest absolute Gasteiger partial charge is 0.357 e. The molecule has 1 aromatic heterocycles. The minimum atomic E-state index is -4.16. The van der Waals surface area contributed by atoms with Gasteiger partial charge in [-0.25, -0.2) is 9.98 Å². The van der Waals surface area contributed by atoms with Crippen LogP contribution in [-0.4, -0.2) is 54.2 Å². The van der Waals surface area contributed by atoms with E-state index in [4.69, 9.17) is 0 Å². The molecule has 2 N–H and O–H groups in total. The van der Waals surface area contributed by atoms with E-state index < -0.39 is 12.7 Å². The normalized spacial score (nSPS) is 17.8. The van der Waals surface area contributed by atoms with E-state index >= 15 is 0 Å². The van der Waals surface area contributed by atoms with Crippen molar-refractivity contribution >= 4 is 41.3 Å². The predicted molar refractivity (Wildman–Crippen MR) is 122 cm³/mol. The number of alkyl halides is 3. The van der Waals surface area contributed by atoms with Gasteiger partial charge in [0.1, 0.15) is 5.01 Å². The lowest BCUT2D eigenvalue weighted by molar-refractivity contribution is -0.143. The highest BCUT2D eigenvalue weighted by Crippen LogP contribution is 2.23. The lowest BCUT2D eigenvalue weighted by atomic mass is 10.2. The maximum absolute atomic E-state index is 12.5. The molecule has 29 heavy (non-hydrogen) atoms. The van der Waals surface area contributed by atoms with Gasteiger partial charge in [0, 0.05) is 36.6 Å². The molecule has 1 fully saturated rings. The number of hydrogen-bond donors (Lipinski definition) is 2. The number of guanidine groups is 1. The summed E-state index contributed by atoms with van der Waals surface area (Å²) in [6.45, 7) is 2.98. The summed E-state index contributed by atoms with van der Waals surface area (Å²) in [5, 5.41) is 9.33. The molecule has 160 valence electrons. The number of hydrogen-bond acceptors (Lipinski definition) is 4. The average molecular weight is 539 g/mol. The van der Waals surface area contributed by atoms with Crippen LogP contribution in [0, 0.1) is 0 Å².